The summed E-state index contributed by atoms with van der Waals surface area (Å²) in [5.74, 6) is 1.08. The molecule has 0 saturated carbocycles. The summed E-state index contributed by atoms with van der Waals surface area (Å²) in [5.41, 5.74) is 1.66. The molecule has 102 valence electrons. The maximum absolute atomic E-state index is 11.3. The van der Waals surface area contributed by atoms with E-state index in [0.29, 0.717) is 11.6 Å². The van der Waals surface area contributed by atoms with Gasteiger partial charge in [0.25, 0.3) is 0 Å². The molecule has 1 aromatic carbocycles. The van der Waals surface area contributed by atoms with Crippen molar-refractivity contribution < 1.29 is 13.9 Å². The van der Waals surface area contributed by atoms with E-state index in [-0.39, 0.29) is 17.1 Å². The van der Waals surface area contributed by atoms with Gasteiger partial charge in [-0.3, -0.25) is 4.79 Å². The number of rotatable bonds is 5. The smallest absolute Gasteiger partial charge is 0.309 e. The molecule has 2 rings (SSSR count). The van der Waals surface area contributed by atoms with E-state index in [0.717, 1.165) is 11.1 Å². The van der Waals surface area contributed by atoms with Crippen LogP contribution < -0.4 is 0 Å². The zero-order chi connectivity index (χ0) is 13.8. The summed E-state index contributed by atoms with van der Waals surface area (Å²) in [7, 11) is 1.41. The van der Waals surface area contributed by atoms with Crippen LogP contribution in [0, 0.1) is 5.92 Å². The molecule has 0 radical (unpaired) electrons. The number of benzene rings is 1. The van der Waals surface area contributed by atoms with Gasteiger partial charge in [-0.25, -0.2) is 4.98 Å². The van der Waals surface area contributed by atoms with Crippen LogP contribution in [0.4, 0.5) is 0 Å². The number of para-hydroxylation sites is 2. The Morgan fingerprint density at radius 3 is 2.84 bits per heavy atom. The number of hydrogen-bond donors (Lipinski definition) is 0. The molecule has 1 aromatic heterocycles. The number of thioether (sulfide) groups is 1. The van der Waals surface area contributed by atoms with Crippen LogP contribution in [-0.4, -0.2) is 23.8 Å². The predicted molar refractivity (Wildman–Crippen MR) is 76.1 cm³/mol. The SMILES string of the molecule is COC(=O)[C@H](C)CS[C@H](C)c1nc2ccccc2o1. The molecule has 0 bridgehead atoms. The molecule has 0 spiro atoms. The maximum atomic E-state index is 11.3. The van der Waals surface area contributed by atoms with Crippen LogP contribution in [0.3, 0.4) is 0 Å². The highest BCUT2D eigenvalue weighted by Crippen LogP contribution is 2.31. The Kier molecular flexibility index (Phi) is 4.47. The number of aromatic nitrogens is 1. The highest BCUT2D eigenvalue weighted by molar-refractivity contribution is 7.99. The monoisotopic (exact) mass is 279 g/mol. The Bertz CT molecular complexity index is 534. The molecule has 0 aliphatic rings. The molecule has 2 aromatic rings. The molecule has 5 heteroatoms. The molecule has 19 heavy (non-hydrogen) atoms. The molecular formula is C14H17NO3S. The zero-order valence-corrected chi connectivity index (χ0v) is 12.1. The third kappa shape index (κ3) is 3.29. The third-order valence-corrected chi connectivity index (χ3v) is 4.25. The van der Waals surface area contributed by atoms with Gasteiger partial charge in [0.2, 0.25) is 5.89 Å². The van der Waals surface area contributed by atoms with Gasteiger partial charge in [-0.1, -0.05) is 19.1 Å². The Balaban J connectivity index is 1.99. The highest BCUT2D eigenvalue weighted by Gasteiger charge is 2.18. The average molecular weight is 279 g/mol. The Hall–Kier alpha value is -1.49. The van der Waals surface area contributed by atoms with Gasteiger partial charge in [-0.15, -0.1) is 11.8 Å². The van der Waals surface area contributed by atoms with Crippen molar-refractivity contribution in [3.8, 4) is 0 Å². The van der Waals surface area contributed by atoms with Crippen molar-refractivity contribution in [1.29, 1.82) is 0 Å². The first-order chi connectivity index (χ1) is 9.11. The van der Waals surface area contributed by atoms with Crippen molar-refractivity contribution in [1.82, 2.24) is 4.98 Å². The van der Waals surface area contributed by atoms with Crippen molar-refractivity contribution in [2.24, 2.45) is 5.92 Å². The lowest BCUT2D eigenvalue weighted by atomic mass is 10.2. The van der Waals surface area contributed by atoms with E-state index in [9.17, 15) is 4.79 Å². The van der Waals surface area contributed by atoms with Gasteiger partial charge in [0.05, 0.1) is 18.3 Å². The Morgan fingerprint density at radius 1 is 1.42 bits per heavy atom. The second kappa shape index (κ2) is 6.10. The first-order valence-corrected chi connectivity index (χ1v) is 7.21. The van der Waals surface area contributed by atoms with Gasteiger partial charge in [0.15, 0.2) is 5.58 Å². The van der Waals surface area contributed by atoms with Crippen molar-refractivity contribution >= 4 is 28.8 Å². The summed E-state index contributed by atoms with van der Waals surface area (Å²) in [5, 5.41) is 0.111. The molecule has 0 aliphatic carbocycles. The third-order valence-electron chi connectivity index (χ3n) is 2.86. The van der Waals surface area contributed by atoms with E-state index in [1.54, 1.807) is 11.8 Å². The Labute approximate surface area is 116 Å². The minimum atomic E-state index is -0.183. The molecule has 0 unspecified atom stereocenters. The zero-order valence-electron chi connectivity index (χ0n) is 11.3. The van der Waals surface area contributed by atoms with Crippen LogP contribution in [-0.2, 0) is 9.53 Å². The lowest BCUT2D eigenvalue weighted by molar-refractivity contribution is -0.143. The molecule has 0 saturated heterocycles. The van der Waals surface area contributed by atoms with Gasteiger partial charge in [0, 0.05) is 5.75 Å². The molecule has 1 heterocycles. The standard InChI is InChI=1S/C14H17NO3S/c1-9(14(16)17-3)8-19-10(2)13-15-11-6-4-5-7-12(11)18-13/h4-7,9-10H,8H2,1-3H3/t9-,10-/m1/s1. The number of esters is 1. The predicted octanol–water partition coefficient (Wildman–Crippen LogP) is 3.43. The van der Waals surface area contributed by atoms with Gasteiger partial charge >= 0.3 is 5.97 Å². The maximum Gasteiger partial charge on any atom is 0.309 e. The summed E-state index contributed by atoms with van der Waals surface area (Å²) >= 11 is 1.64. The fraction of sp³-hybridized carbons (Fsp3) is 0.429. The largest absolute Gasteiger partial charge is 0.469 e. The number of fused-ring (bicyclic) bond motifs is 1. The number of ether oxygens (including phenoxy) is 1. The molecule has 0 fully saturated rings. The topological polar surface area (TPSA) is 52.3 Å². The number of carbonyl (C=O) groups excluding carboxylic acids is 1. The number of carbonyl (C=O) groups is 1. The molecule has 0 N–H and O–H groups in total. The van der Waals surface area contributed by atoms with E-state index in [2.05, 4.69) is 4.98 Å². The van der Waals surface area contributed by atoms with E-state index < -0.39 is 0 Å². The summed E-state index contributed by atoms with van der Waals surface area (Å²) in [6, 6.07) is 7.69. The van der Waals surface area contributed by atoms with Crippen molar-refractivity contribution in [2.75, 3.05) is 12.9 Å². The number of methoxy groups -OCH3 is 1. The lowest BCUT2D eigenvalue weighted by Gasteiger charge is -2.11. The van der Waals surface area contributed by atoms with Crippen LogP contribution in [0.5, 0.6) is 0 Å². The lowest BCUT2D eigenvalue weighted by Crippen LogP contribution is -2.15. The second-order valence-corrected chi connectivity index (χ2v) is 5.79. The number of nitrogens with zero attached hydrogens (tertiary/aromatic N) is 1. The second-order valence-electron chi connectivity index (χ2n) is 4.42. The fourth-order valence-corrected chi connectivity index (χ4v) is 2.65. The number of hydrogen-bond acceptors (Lipinski definition) is 5. The molecule has 0 amide bonds. The van der Waals surface area contributed by atoms with Crippen LogP contribution in [0.1, 0.15) is 25.0 Å². The van der Waals surface area contributed by atoms with Crippen LogP contribution in [0.2, 0.25) is 0 Å². The van der Waals surface area contributed by atoms with Gasteiger partial charge in [0.1, 0.15) is 5.52 Å². The normalized spacial score (nSPS) is 14.3. The van der Waals surface area contributed by atoms with E-state index >= 15 is 0 Å². The van der Waals surface area contributed by atoms with Gasteiger partial charge < -0.3 is 9.15 Å². The minimum Gasteiger partial charge on any atom is -0.469 e. The van der Waals surface area contributed by atoms with Crippen molar-refractivity contribution in [3.05, 3.63) is 30.2 Å². The summed E-state index contributed by atoms with van der Waals surface area (Å²) in [6.07, 6.45) is 0. The van der Waals surface area contributed by atoms with Crippen LogP contribution in [0.15, 0.2) is 28.7 Å². The van der Waals surface area contributed by atoms with E-state index in [4.69, 9.17) is 9.15 Å². The van der Waals surface area contributed by atoms with Crippen molar-refractivity contribution in [2.45, 2.75) is 19.1 Å². The van der Waals surface area contributed by atoms with Crippen molar-refractivity contribution in [3.63, 3.8) is 0 Å². The Morgan fingerprint density at radius 2 is 2.16 bits per heavy atom. The average Bonchev–Trinajstić information content (AvgIpc) is 2.87. The van der Waals surface area contributed by atoms with Crippen LogP contribution >= 0.6 is 11.8 Å². The number of oxazole rings is 1. The summed E-state index contributed by atoms with van der Waals surface area (Å²) in [6.45, 7) is 3.89. The van der Waals surface area contributed by atoms with Gasteiger partial charge in [-0.2, -0.15) is 0 Å². The highest BCUT2D eigenvalue weighted by atomic mass is 32.2. The van der Waals surface area contributed by atoms with Gasteiger partial charge in [-0.05, 0) is 19.1 Å². The molecule has 0 aliphatic heterocycles. The molecular weight excluding hydrogens is 262 g/mol. The summed E-state index contributed by atoms with van der Waals surface area (Å²) in [4.78, 5) is 15.8. The molecule has 2 atom stereocenters. The molecule has 4 nitrogen and oxygen atoms in total. The van der Waals surface area contributed by atoms with Crippen LogP contribution in [0.25, 0.3) is 11.1 Å². The fourth-order valence-electron chi connectivity index (χ4n) is 1.69. The first-order valence-electron chi connectivity index (χ1n) is 6.16. The minimum absolute atomic E-state index is 0.111. The van der Waals surface area contributed by atoms with E-state index in [1.807, 2.05) is 38.1 Å². The van der Waals surface area contributed by atoms with E-state index in [1.165, 1.54) is 7.11 Å². The quantitative estimate of drug-likeness (QED) is 0.785. The summed E-state index contributed by atoms with van der Waals surface area (Å²) < 4.78 is 10.4. The first kappa shape index (κ1) is 13.9.